The van der Waals surface area contributed by atoms with Gasteiger partial charge in [0.1, 0.15) is 5.82 Å². The van der Waals surface area contributed by atoms with Gasteiger partial charge in [-0.2, -0.15) is 4.98 Å². The summed E-state index contributed by atoms with van der Waals surface area (Å²) in [6, 6.07) is 18.8. The summed E-state index contributed by atoms with van der Waals surface area (Å²) >= 11 is 0. The van der Waals surface area contributed by atoms with Crippen LogP contribution in [0.4, 0.5) is 4.39 Å². The first-order valence-corrected chi connectivity index (χ1v) is 12.1. The maximum absolute atomic E-state index is 14.2. The number of hydrogen-bond acceptors (Lipinski definition) is 5. The molecule has 2 N–H and O–H groups in total. The summed E-state index contributed by atoms with van der Waals surface area (Å²) in [4.78, 5) is 15.2. The summed E-state index contributed by atoms with van der Waals surface area (Å²) in [5.74, 6) is -0.396. The van der Waals surface area contributed by atoms with Crippen LogP contribution in [0.2, 0.25) is 0 Å². The second-order valence-corrected chi connectivity index (χ2v) is 9.19. The quantitative estimate of drug-likeness (QED) is 0.252. The molecule has 5 rings (SSSR count). The highest BCUT2D eigenvalue weighted by atomic mass is 19.1. The van der Waals surface area contributed by atoms with Gasteiger partial charge in [0.05, 0.1) is 12.0 Å². The Labute approximate surface area is 213 Å². The predicted molar refractivity (Wildman–Crippen MR) is 140 cm³/mol. The average Bonchev–Trinajstić information content (AvgIpc) is 3.49. The molecular formula is C29H27FN4O3. The fourth-order valence-corrected chi connectivity index (χ4v) is 4.32. The maximum Gasteiger partial charge on any atom is 0.304 e. The maximum atomic E-state index is 14.2. The molecule has 3 aromatic carbocycles. The number of fused-ring (bicyclic) bond motifs is 1. The number of aliphatic carboxylic acids is 1. The van der Waals surface area contributed by atoms with Crippen molar-refractivity contribution in [1.82, 2.24) is 20.0 Å². The van der Waals surface area contributed by atoms with Crippen LogP contribution >= 0.6 is 0 Å². The van der Waals surface area contributed by atoms with E-state index in [0.29, 0.717) is 42.3 Å². The highest BCUT2D eigenvalue weighted by Gasteiger charge is 2.18. The van der Waals surface area contributed by atoms with Crippen LogP contribution in [0.15, 0.2) is 71.4 Å². The molecule has 0 spiro atoms. The number of rotatable bonds is 9. The Kier molecular flexibility index (Phi) is 6.83. The number of aryl methyl sites for hydroxylation is 2. The number of carboxylic acid groups (broad SMARTS) is 1. The minimum absolute atomic E-state index is 0.0781. The van der Waals surface area contributed by atoms with E-state index in [1.807, 2.05) is 30.5 Å². The molecule has 0 bridgehead atoms. The van der Waals surface area contributed by atoms with Crippen LogP contribution in [0.3, 0.4) is 0 Å². The lowest BCUT2D eigenvalue weighted by molar-refractivity contribution is -0.136. The molecule has 0 atom stereocenters. The van der Waals surface area contributed by atoms with E-state index in [9.17, 15) is 9.18 Å². The lowest BCUT2D eigenvalue weighted by Gasteiger charge is -2.08. The first-order valence-electron chi connectivity index (χ1n) is 12.1. The van der Waals surface area contributed by atoms with E-state index >= 15 is 0 Å². The molecule has 37 heavy (non-hydrogen) atoms. The first-order chi connectivity index (χ1) is 17.9. The molecule has 0 aliphatic rings. The largest absolute Gasteiger partial charge is 0.481 e. The van der Waals surface area contributed by atoms with Gasteiger partial charge >= 0.3 is 5.97 Å². The topological polar surface area (TPSA) is 93.2 Å². The molecule has 0 amide bonds. The molecule has 0 radical (unpaired) electrons. The third-order valence-corrected chi connectivity index (χ3v) is 6.48. The van der Waals surface area contributed by atoms with Crippen molar-refractivity contribution in [3.63, 3.8) is 0 Å². The van der Waals surface area contributed by atoms with Gasteiger partial charge in [-0.05, 0) is 54.3 Å². The van der Waals surface area contributed by atoms with Gasteiger partial charge in [0.2, 0.25) is 5.82 Å². The summed E-state index contributed by atoms with van der Waals surface area (Å²) < 4.78 is 21.9. The average molecular weight is 499 g/mol. The normalized spacial score (nSPS) is 11.3. The summed E-state index contributed by atoms with van der Waals surface area (Å²) in [6.45, 7) is 5.78. The van der Waals surface area contributed by atoms with E-state index in [-0.39, 0.29) is 12.2 Å². The van der Waals surface area contributed by atoms with E-state index in [1.165, 1.54) is 23.3 Å². The van der Waals surface area contributed by atoms with Gasteiger partial charge in [-0.15, -0.1) is 0 Å². The van der Waals surface area contributed by atoms with Gasteiger partial charge in [-0.3, -0.25) is 4.79 Å². The van der Waals surface area contributed by atoms with Crippen molar-refractivity contribution in [2.45, 2.75) is 33.4 Å². The third-order valence-electron chi connectivity index (χ3n) is 6.48. The van der Waals surface area contributed by atoms with E-state index in [2.05, 4.69) is 52.1 Å². The monoisotopic (exact) mass is 498 g/mol. The molecule has 188 valence electrons. The second-order valence-electron chi connectivity index (χ2n) is 9.19. The zero-order valence-corrected chi connectivity index (χ0v) is 20.7. The minimum atomic E-state index is -0.827. The highest BCUT2D eigenvalue weighted by Crippen LogP contribution is 2.32. The molecule has 5 aromatic rings. The molecule has 0 fully saturated rings. The smallest absolute Gasteiger partial charge is 0.304 e. The van der Waals surface area contributed by atoms with Crippen molar-refractivity contribution in [3.8, 4) is 22.8 Å². The second kappa shape index (κ2) is 10.4. The van der Waals surface area contributed by atoms with Crippen LogP contribution in [0.1, 0.15) is 28.7 Å². The fraction of sp³-hybridized carbons (Fsp3) is 0.207. The molecular weight excluding hydrogens is 471 g/mol. The highest BCUT2D eigenvalue weighted by molar-refractivity contribution is 5.94. The van der Waals surface area contributed by atoms with E-state index in [0.717, 1.165) is 22.2 Å². The number of aromatic nitrogens is 3. The standard InChI is InChI=1S/C29H27FN4O3/c1-18-3-4-21(13-19(18)2)16-34-17-25(24-14-23(30)9-10-26(24)34)29-32-28(33-37-29)22-7-5-20(6-8-22)15-31-12-11-27(35)36/h3-10,13-14,17,31H,11-12,15-16H2,1-2H3,(H,35,36). The molecule has 0 saturated heterocycles. The van der Waals surface area contributed by atoms with Crippen LogP contribution in [0, 0.1) is 19.7 Å². The Morgan fingerprint density at radius 1 is 1.03 bits per heavy atom. The summed E-state index contributed by atoms with van der Waals surface area (Å²) in [7, 11) is 0. The third kappa shape index (κ3) is 5.44. The minimum Gasteiger partial charge on any atom is -0.481 e. The molecule has 0 aliphatic heterocycles. The zero-order chi connectivity index (χ0) is 25.9. The Morgan fingerprint density at radius 2 is 1.81 bits per heavy atom. The number of carbonyl (C=O) groups is 1. The van der Waals surface area contributed by atoms with Gasteiger partial charge in [-0.25, -0.2) is 4.39 Å². The van der Waals surface area contributed by atoms with Crippen molar-refractivity contribution in [2.75, 3.05) is 6.54 Å². The van der Waals surface area contributed by atoms with Crippen molar-refractivity contribution < 1.29 is 18.8 Å². The summed E-state index contributed by atoms with van der Waals surface area (Å²) in [5.41, 5.74) is 6.98. The van der Waals surface area contributed by atoms with E-state index < -0.39 is 5.97 Å². The molecule has 0 aliphatic carbocycles. The number of hydrogen-bond donors (Lipinski definition) is 2. The number of nitrogens with zero attached hydrogens (tertiary/aromatic N) is 3. The predicted octanol–water partition coefficient (Wildman–Crippen LogP) is 5.73. The van der Waals surface area contributed by atoms with Gasteiger partial charge < -0.3 is 19.5 Å². The van der Waals surface area contributed by atoms with E-state index in [4.69, 9.17) is 9.63 Å². The van der Waals surface area contributed by atoms with Gasteiger partial charge in [0.15, 0.2) is 0 Å². The molecule has 8 heteroatoms. The van der Waals surface area contributed by atoms with Crippen LogP contribution in [0.25, 0.3) is 33.7 Å². The van der Waals surface area contributed by atoms with Gasteiger partial charge in [-0.1, -0.05) is 47.6 Å². The molecule has 7 nitrogen and oxygen atoms in total. The Morgan fingerprint density at radius 3 is 2.57 bits per heavy atom. The summed E-state index contributed by atoms with van der Waals surface area (Å²) in [5, 5.41) is 16.7. The molecule has 2 heterocycles. The van der Waals surface area contributed by atoms with Gasteiger partial charge in [0, 0.05) is 42.3 Å². The SMILES string of the molecule is Cc1ccc(Cn2cc(-c3nc(-c4ccc(CNCCC(=O)O)cc4)no3)c3cc(F)ccc32)cc1C. The lowest BCUT2D eigenvalue weighted by Crippen LogP contribution is -2.17. The fourth-order valence-electron chi connectivity index (χ4n) is 4.32. The summed E-state index contributed by atoms with van der Waals surface area (Å²) in [6.07, 6.45) is 2.01. The van der Waals surface area contributed by atoms with Crippen LogP contribution in [0.5, 0.6) is 0 Å². The lowest BCUT2D eigenvalue weighted by atomic mass is 10.1. The number of benzene rings is 3. The molecule has 0 saturated carbocycles. The molecule has 2 aromatic heterocycles. The first kappa shape index (κ1) is 24.4. The van der Waals surface area contributed by atoms with Crippen molar-refractivity contribution in [1.29, 1.82) is 0 Å². The Bertz CT molecular complexity index is 1570. The Hall–Kier alpha value is -4.30. The van der Waals surface area contributed by atoms with E-state index in [1.54, 1.807) is 6.07 Å². The van der Waals surface area contributed by atoms with Crippen LogP contribution < -0.4 is 5.32 Å². The van der Waals surface area contributed by atoms with Crippen molar-refractivity contribution >= 4 is 16.9 Å². The van der Waals surface area contributed by atoms with Crippen LogP contribution in [-0.2, 0) is 17.9 Å². The zero-order valence-electron chi connectivity index (χ0n) is 20.7. The van der Waals surface area contributed by atoms with Crippen molar-refractivity contribution in [2.24, 2.45) is 0 Å². The number of carboxylic acids is 1. The van der Waals surface area contributed by atoms with Crippen LogP contribution in [-0.4, -0.2) is 32.3 Å². The molecule has 0 unspecified atom stereocenters. The number of halogens is 1. The Balaban J connectivity index is 1.40. The van der Waals surface area contributed by atoms with Gasteiger partial charge in [0.25, 0.3) is 5.89 Å². The van der Waals surface area contributed by atoms with Crippen molar-refractivity contribution in [3.05, 3.63) is 94.9 Å². The number of nitrogens with one attached hydrogen (secondary N) is 1.